The van der Waals surface area contributed by atoms with Gasteiger partial charge in [-0.1, -0.05) is 17.3 Å². The zero-order chi connectivity index (χ0) is 22.6. The third-order valence-electron chi connectivity index (χ3n) is 5.94. The molecule has 0 spiro atoms. The van der Waals surface area contributed by atoms with Gasteiger partial charge in [0.2, 0.25) is 11.7 Å². The molecule has 0 amide bonds. The molecule has 3 aromatic heterocycles. The Hall–Kier alpha value is -3.43. The van der Waals surface area contributed by atoms with Crippen LogP contribution < -0.4 is 15.0 Å². The lowest BCUT2D eigenvalue weighted by Crippen LogP contribution is -2.33. The Morgan fingerprint density at radius 2 is 1.97 bits per heavy atom. The molecule has 1 aromatic carbocycles. The number of ether oxygens (including phenoxy) is 1. The number of aromatic nitrogens is 4. The number of anilines is 2. The van der Waals surface area contributed by atoms with Gasteiger partial charge in [-0.15, -0.1) is 12.4 Å². The van der Waals surface area contributed by atoms with E-state index in [0.29, 0.717) is 24.1 Å². The lowest BCUT2D eigenvalue weighted by molar-refractivity contribution is 0.311. The molecule has 1 fully saturated rings. The molecular formula is C24H27ClN6O3. The summed E-state index contributed by atoms with van der Waals surface area (Å²) in [5.41, 5.74) is 1.68. The number of nitrogens with one attached hydrogen (secondary N) is 1. The highest BCUT2D eigenvalue weighted by atomic mass is 35.5. The number of methoxy groups -OCH3 is 1. The zero-order valence-electron chi connectivity index (χ0n) is 18.8. The molecular weight excluding hydrogens is 456 g/mol. The van der Waals surface area contributed by atoms with Crippen molar-refractivity contribution in [1.82, 2.24) is 20.1 Å². The Morgan fingerprint density at radius 3 is 2.71 bits per heavy atom. The fraction of sp³-hybridized carbons (Fsp3) is 0.333. The number of hydrogen-bond acceptors (Lipinski definition) is 9. The molecule has 1 aliphatic rings. The number of aliphatic hydroxyl groups is 1. The van der Waals surface area contributed by atoms with Crippen molar-refractivity contribution in [3.63, 3.8) is 0 Å². The summed E-state index contributed by atoms with van der Waals surface area (Å²) in [6, 6.07) is 13.9. The molecule has 1 saturated heterocycles. The van der Waals surface area contributed by atoms with E-state index in [1.807, 2.05) is 30.3 Å². The average Bonchev–Trinajstić information content (AvgIpc) is 3.37. The standard InChI is InChI=1S/C24H26N6O3.ClH/c1-32-19-4-2-3-16-6-8-21(27-22(16)19)30-12-9-17(10-13-30)24-28-23(29-33-24)18-5-7-20(26-15-18)25-11-14-31;/h2-8,15,17,31H,9-14H2,1H3,(H,25,26);1H. The number of para-hydroxylation sites is 1. The van der Waals surface area contributed by atoms with Crippen molar-refractivity contribution in [3.8, 4) is 17.1 Å². The number of halogens is 1. The molecule has 0 unspecified atom stereocenters. The van der Waals surface area contributed by atoms with Gasteiger partial charge in [-0.2, -0.15) is 4.98 Å². The second kappa shape index (κ2) is 10.7. The quantitative estimate of drug-likeness (QED) is 0.405. The molecule has 4 heterocycles. The fourth-order valence-corrected chi connectivity index (χ4v) is 4.14. The summed E-state index contributed by atoms with van der Waals surface area (Å²) in [4.78, 5) is 16.1. The normalized spacial score (nSPS) is 14.1. The maximum Gasteiger partial charge on any atom is 0.230 e. The maximum atomic E-state index is 8.90. The summed E-state index contributed by atoms with van der Waals surface area (Å²) in [6.45, 7) is 2.24. The van der Waals surface area contributed by atoms with Crippen molar-refractivity contribution in [1.29, 1.82) is 0 Å². The molecule has 1 aliphatic heterocycles. The monoisotopic (exact) mass is 482 g/mol. The van der Waals surface area contributed by atoms with E-state index in [2.05, 4.69) is 37.5 Å². The summed E-state index contributed by atoms with van der Waals surface area (Å²) < 4.78 is 11.1. The average molecular weight is 483 g/mol. The Balaban J connectivity index is 0.00000274. The minimum absolute atomic E-state index is 0. The third-order valence-corrected chi connectivity index (χ3v) is 5.94. The van der Waals surface area contributed by atoms with Crippen LogP contribution in [0.4, 0.5) is 11.6 Å². The van der Waals surface area contributed by atoms with Crippen LogP contribution in [0.5, 0.6) is 5.75 Å². The van der Waals surface area contributed by atoms with Crippen LogP contribution in [-0.4, -0.2) is 58.6 Å². The van der Waals surface area contributed by atoms with Gasteiger partial charge in [-0.3, -0.25) is 0 Å². The molecule has 0 atom stereocenters. The molecule has 4 aromatic rings. The molecule has 0 bridgehead atoms. The Labute approximate surface area is 203 Å². The minimum atomic E-state index is 0. The van der Waals surface area contributed by atoms with Crippen LogP contribution in [-0.2, 0) is 0 Å². The van der Waals surface area contributed by atoms with Crippen molar-refractivity contribution >= 4 is 34.9 Å². The highest BCUT2D eigenvalue weighted by Gasteiger charge is 2.26. The van der Waals surface area contributed by atoms with Crippen LogP contribution in [0.25, 0.3) is 22.3 Å². The van der Waals surface area contributed by atoms with Crippen molar-refractivity contribution in [3.05, 3.63) is 54.6 Å². The van der Waals surface area contributed by atoms with Gasteiger partial charge in [0.1, 0.15) is 22.9 Å². The number of hydrogen-bond donors (Lipinski definition) is 2. The van der Waals surface area contributed by atoms with E-state index in [1.54, 1.807) is 13.3 Å². The molecule has 2 N–H and O–H groups in total. The Kier molecular flexibility index (Phi) is 7.44. The van der Waals surface area contributed by atoms with Gasteiger partial charge < -0.3 is 24.6 Å². The molecule has 0 aliphatic carbocycles. The second-order valence-electron chi connectivity index (χ2n) is 8.00. The van der Waals surface area contributed by atoms with Crippen LogP contribution in [0.15, 0.2) is 53.2 Å². The molecule has 178 valence electrons. The summed E-state index contributed by atoms with van der Waals surface area (Å²) in [5, 5.41) is 17.1. The van der Waals surface area contributed by atoms with Crippen LogP contribution in [0.1, 0.15) is 24.7 Å². The maximum absolute atomic E-state index is 8.90. The van der Waals surface area contributed by atoms with Gasteiger partial charge in [0, 0.05) is 42.7 Å². The first-order valence-corrected chi connectivity index (χ1v) is 11.1. The van der Waals surface area contributed by atoms with E-state index < -0.39 is 0 Å². The minimum Gasteiger partial charge on any atom is -0.494 e. The van der Waals surface area contributed by atoms with Crippen molar-refractivity contribution < 1.29 is 14.4 Å². The van der Waals surface area contributed by atoms with Crippen molar-refractivity contribution in [2.24, 2.45) is 0 Å². The van der Waals surface area contributed by atoms with Crippen LogP contribution >= 0.6 is 12.4 Å². The lowest BCUT2D eigenvalue weighted by Gasteiger charge is -2.31. The van der Waals surface area contributed by atoms with E-state index in [-0.39, 0.29) is 24.9 Å². The fourth-order valence-electron chi connectivity index (χ4n) is 4.14. The first kappa shape index (κ1) is 23.7. The van der Waals surface area contributed by atoms with Gasteiger partial charge in [0.15, 0.2) is 0 Å². The molecule has 10 heteroatoms. The van der Waals surface area contributed by atoms with E-state index in [1.165, 1.54) is 0 Å². The molecule has 0 saturated carbocycles. The van der Waals surface area contributed by atoms with Gasteiger partial charge in [-0.25, -0.2) is 9.97 Å². The van der Waals surface area contributed by atoms with Crippen LogP contribution in [0, 0.1) is 0 Å². The molecule has 0 radical (unpaired) electrons. The molecule has 5 rings (SSSR count). The predicted octanol–water partition coefficient (Wildman–Crippen LogP) is 3.90. The van der Waals surface area contributed by atoms with Gasteiger partial charge in [-0.05, 0) is 43.2 Å². The van der Waals surface area contributed by atoms with Gasteiger partial charge in [0.25, 0.3) is 0 Å². The van der Waals surface area contributed by atoms with Crippen molar-refractivity contribution in [2.45, 2.75) is 18.8 Å². The number of pyridine rings is 2. The number of rotatable bonds is 7. The van der Waals surface area contributed by atoms with Crippen molar-refractivity contribution in [2.75, 3.05) is 43.6 Å². The number of nitrogens with zero attached hydrogens (tertiary/aromatic N) is 5. The van der Waals surface area contributed by atoms with Crippen LogP contribution in [0.2, 0.25) is 0 Å². The highest BCUT2D eigenvalue weighted by molar-refractivity contribution is 5.86. The number of piperidine rings is 1. The second-order valence-corrected chi connectivity index (χ2v) is 8.00. The first-order chi connectivity index (χ1) is 16.2. The Morgan fingerprint density at radius 1 is 1.12 bits per heavy atom. The van der Waals surface area contributed by atoms with Gasteiger partial charge in [0.05, 0.1) is 13.7 Å². The number of aliphatic hydroxyl groups excluding tert-OH is 1. The SMILES string of the molecule is COc1cccc2ccc(N3CCC(c4nc(-c5ccc(NCCO)nc5)no4)CC3)nc12.Cl. The van der Waals surface area contributed by atoms with E-state index >= 15 is 0 Å². The highest BCUT2D eigenvalue weighted by Crippen LogP contribution is 2.32. The van der Waals surface area contributed by atoms with Crippen LogP contribution in [0.3, 0.4) is 0 Å². The van der Waals surface area contributed by atoms with E-state index in [9.17, 15) is 0 Å². The summed E-state index contributed by atoms with van der Waals surface area (Å²) >= 11 is 0. The Bertz CT molecular complexity index is 1230. The smallest absolute Gasteiger partial charge is 0.230 e. The third kappa shape index (κ3) is 4.90. The largest absolute Gasteiger partial charge is 0.494 e. The lowest BCUT2D eigenvalue weighted by atomic mass is 9.96. The molecule has 34 heavy (non-hydrogen) atoms. The summed E-state index contributed by atoms with van der Waals surface area (Å²) in [5.74, 6) is 3.86. The zero-order valence-corrected chi connectivity index (χ0v) is 19.7. The summed E-state index contributed by atoms with van der Waals surface area (Å²) in [6.07, 6.45) is 3.53. The molecule has 9 nitrogen and oxygen atoms in total. The summed E-state index contributed by atoms with van der Waals surface area (Å²) in [7, 11) is 1.67. The number of benzene rings is 1. The van der Waals surface area contributed by atoms with E-state index in [4.69, 9.17) is 19.4 Å². The topological polar surface area (TPSA) is 109 Å². The first-order valence-electron chi connectivity index (χ1n) is 11.1. The van der Waals surface area contributed by atoms with E-state index in [0.717, 1.165) is 54.0 Å². The van der Waals surface area contributed by atoms with Gasteiger partial charge >= 0.3 is 0 Å². The predicted molar refractivity (Wildman–Crippen MR) is 133 cm³/mol. The number of fused-ring (bicyclic) bond motifs is 1.